The molecule has 106 valence electrons. The van der Waals surface area contributed by atoms with Crippen molar-refractivity contribution >= 4 is 0 Å². The second-order valence-electron chi connectivity index (χ2n) is 4.91. The van der Waals surface area contributed by atoms with Crippen molar-refractivity contribution in [2.75, 3.05) is 7.05 Å². The monoisotopic (exact) mass is 270 g/mol. The molecule has 20 heavy (non-hydrogen) atoms. The Labute approximate surface area is 121 Å². The summed E-state index contributed by atoms with van der Waals surface area (Å²) in [6, 6.07) is 10.3. The van der Waals surface area contributed by atoms with Crippen LogP contribution in [-0.2, 0) is 13.0 Å². The van der Waals surface area contributed by atoms with Crippen LogP contribution in [0.15, 0.2) is 42.7 Å². The van der Waals surface area contributed by atoms with Crippen molar-refractivity contribution in [1.29, 1.82) is 0 Å². The predicted molar refractivity (Wildman–Crippen MR) is 82.1 cm³/mol. The Morgan fingerprint density at radius 1 is 1.05 bits per heavy atom. The van der Waals surface area contributed by atoms with E-state index in [0.29, 0.717) is 0 Å². The van der Waals surface area contributed by atoms with Gasteiger partial charge in [-0.1, -0.05) is 25.5 Å². The van der Waals surface area contributed by atoms with Gasteiger partial charge in [-0.2, -0.15) is 0 Å². The fraction of sp³-hybridized carbons (Fsp3) is 0.353. The van der Waals surface area contributed by atoms with Gasteiger partial charge in [0.1, 0.15) is 11.5 Å². The second-order valence-corrected chi connectivity index (χ2v) is 4.91. The third kappa shape index (κ3) is 4.35. The van der Waals surface area contributed by atoms with E-state index in [2.05, 4.69) is 29.4 Å². The van der Waals surface area contributed by atoms with Crippen LogP contribution in [0.3, 0.4) is 0 Å². The molecule has 0 saturated heterocycles. The van der Waals surface area contributed by atoms with Crippen LogP contribution in [0.2, 0.25) is 0 Å². The summed E-state index contributed by atoms with van der Waals surface area (Å²) in [7, 11) is 1.92. The lowest BCUT2D eigenvalue weighted by Gasteiger charge is -2.08. The van der Waals surface area contributed by atoms with Crippen molar-refractivity contribution in [3.63, 3.8) is 0 Å². The normalized spacial score (nSPS) is 10.5. The molecule has 0 aliphatic heterocycles. The summed E-state index contributed by atoms with van der Waals surface area (Å²) in [6.07, 6.45) is 7.18. The van der Waals surface area contributed by atoms with E-state index in [1.165, 1.54) is 18.4 Å². The van der Waals surface area contributed by atoms with Gasteiger partial charge in [-0.25, -0.2) is 0 Å². The smallest absolute Gasteiger partial charge is 0.146 e. The number of pyridine rings is 1. The number of unbranched alkanes of at least 4 members (excludes halogenated alkanes) is 1. The number of hydrogen-bond donors (Lipinski definition) is 1. The lowest BCUT2D eigenvalue weighted by molar-refractivity contribution is 0.479. The van der Waals surface area contributed by atoms with Gasteiger partial charge < -0.3 is 10.1 Å². The molecule has 3 heteroatoms. The highest BCUT2D eigenvalue weighted by molar-refractivity contribution is 5.33. The zero-order chi connectivity index (χ0) is 14.2. The van der Waals surface area contributed by atoms with Crippen LogP contribution in [0.5, 0.6) is 11.5 Å². The Morgan fingerprint density at radius 3 is 2.55 bits per heavy atom. The van der Waals surface area contributed by atoms with Crippen LogP contribution in [-0.4, -0.2) is 12.0 Å². The summed E-state index contributed by atoms with van der Waals surface area (Å²) in [5, 5.41) is 3.11. The van der Waals surface area contributed by atoms with Gasteiger partial charge in [-0.3, -0.25) is 4.98 Å². The van der Waals surface area contributed by atoms with E-state index in [1.54, 1.807) is 6.20 Å². The molecular weight excluding hydrogens is 248 g/mol. The standard InChI is InChI=1S/C17H22N2O/c1-3-4-5-14-6-8-16(9-7-14)20-17-10-15(11-18-2)12-19-13-17/h6-10,12-13,18H,3-5,11H2,1-2H3. The molecule has 0 radical (unpaired) electrons. The lowest BCUT2D eigenvalue weighted by atomic mass is 10.1. The number of ether oxygens (including phenoxy) is 1. The molecule has 1 aromatic heterocycles. The van der Waals surface area contributed by atoms with Crippen molar-refractivity contribution in [2.45, 2.75) is 32.7 Å². The maximum atomic E-state index is 5.83. The lowest BCUT2D eigenvalue weighted by Crippen LogP contribution is -2.05. The van der Waals surface area contributed by atoms with Crippen molar-refractivity contribution in [1.82, 2.24) is 10.3 Å². The Morgan fingerprint density at radius 2 is 1.85 bits per heavy atom. The SMILES string of the molecule is CCCCc1ccc(Oc2cncc(CNC)c2)cc1. The number of rotatable bonds is 7. The molecule has 0 bridgehead atoms. The molecule has 0 atom stereocenters. The van der Waals surface area contributed by atoms with E-state index < -0.39 is 0 Å². The van der Waals surface area contributed by atoms with E-state index in [4.69, 9.17) is 4.74 Å². The van der Waals surface area contributed by atoms with Gasteiger partial charge in [0.15, 0.2) is 0 Å². The minimum absolute atomic E-state index is 0.777. The summed E-state index contributed by atoms with van der Waals surface area (Å²) in [6.45, 7) is 3.00. The summed E-state index contributed by atoms with van der Waals surface area (Å²) < 4.78 is 5.83. The van der Waals surface area contributed by atoms with Gasteiger partial charge in [0.25, 0.3) is 0 Å². The summed E-state index contributed by atoms with van der Waals surface area (Å²) in [5.41, 5.74) is 2.48. The molecule has 0 aliphatic rings. The van der Waals surface area contributed by atoms with Gasteiger partial charge in [0.2, 0.25) is 0 Å². The van der Waals surface area contributed by atoms with E-state index >= 15 is 0 Å². The van der Waals surface area contributed by atoms with Crippen molar-refractivity contribution in [3.05, 3.63) is 53.9 Å². The van der Waals surface area contributed by atoms with E-state index in [9.17, 15) is 0 Å². The first-order valence-corrected chi connectivity index (χ1v) is 7.17. The maximum absolute atomic E-state index is 5.83. The quantitative estimate of drug-likeness (QED) is 0.827. The number of aromatic nitrogens is 1. The fourth-order valence-electron chi connectivity index (χ4n) is 2.06. The van der Waals surface area contributed by atoms with Crippen molar-refractivity contribution < 1.29 is 4.74 Å². The number of benzene rings is 1. The third-order valence-electron chi connectivity index (χ3n) is 3.13. The topological polar surface area (TPSA) is 34.1 Å². The molecule has 0 saturated carbocycles. The Bertz CT molecular complexity index is 523. The first-order chi connectivity index (χ1) is 9.81. The Balaban J connectivity index is 2.00. The van der Waals surface area contributed by atoms with Gasteiger partial charge in [-0.05, 0) is 49.2 Å². The van der Waals surface area contributed by atoms with Gasteiger partial charge >= 0.3 is 0 Å². The van der Waals surface area contributed by atoms with E-state index in [-0.39, 0.29) is 0 Å². The van der Waals surface area contributed by atoms with Crippen LogP contribution >= 0.6 is 0 Å². The molecule has 0 fully saturated rings. The molecule has 2 aromatic rings. The molecule has 0 aliphatic carbocycles. The number of aryl methyl sites for hydroxylation is 1. The van der Waals surface area contributed by atoms with E-state index in [0.717, 1.165) is 30.0 Å². The van der Waals surface area contributed by atoms with Crippen LogP contribution in [0, 0.1) is 0 Å². The molecule has 3 nitrogen and oxygen atoms in total. The average molecular weight is 270 g/mol. The van der Waals surface area contributed by atoms with Crippen LogP contribution < -0.4 is 10.1 Å². The minimum Gasteiger partial charge on any atom is -0.456 e. The molecule has 1 N–H and O–H groups in total. The largest absolute Gasteiger partial charge is 0.456 e. The highest BCUT2D eigenvalue weighted by Crippen LogP contribution is 2.22. The summed E-state index contributed by atoms with van der Waals surface area (Å²) in [5.74, 6) is 1.63. The Kier molecular flexibility index (Phi) is 5.56. The molecular formula is C17H22N2O. The average Bonchev–Trinajstić information content (AvgIpc) is 2.47. The number of nitrogens with one attached hydrogen (secondary N) is 1. The minimum atomic E-state index is 0.777. The molecule has 2 rings (SSSR count). The summed E-state index contributed by atoms with van der Waals surface area (Å²) in [4.78, 5) is 4.19. The third-order valence-corrected chi connectivity index (χ3v) is 3.13. The molecule has 0 unspecified atom stereocenters. The molecule has 1 aromatic carbocycles. The van der Waals surface area contributed by atoms with Crippen LogP contribution in [0.25, 0.3) is 0 Å². The van der Waals surface area contributed by atoms with E-state index in [1.807, 2.05) is 31.4 Å². The summed E-state index contributed by atoms with van der Waals surface area (Å²) >= 11 is 0. The first kappa shape index (κ1) is 14.5. The second kappa shape index (κ2) is 7.65. The van der Waals surface area contributed by atoms with Gasteiger partial charge in [-0.15, -0.1) is 0 Å². The maximum Gasteiger partial charge on any atom is 0.146 e. The molecule has 0 spiro atoms. The number of hydrogen-bond acceptors (Lipinski definition) is 3. The molecule has 0 amide bonds. The zero-order valence-electron chi connectivity index (χ0n) is 12.2. The highest BCUT2D eigenvalue weighted by Gasteiger charge is 2.00. The first-order valence-electron chi connectivity index (χ1n) is 7.17. The fourth-order valence-corrected chi connectivity index (χ4v) is 2.06. The zero-order valence-corrected chi connectivity index (χ0v) is 12.2. The predicted octanol–water partition coefficient (Wildman–Crippen LogP) is 3.94. The van der Waals surface area contributed by atoms with Crippen molar-refractivity contribution in [2.24, 2.45) is 0 Å². The van der Waals surface area contributed by atoms with Gasteiger partial charge in [0.05, 0.1) is 6.20 Å². The van der Waals surface area contributed by atoms with Crippen LogP contribution in [0.1, 0.15) is 30.9 Å². The van der Waals surface area contributed by atoms with Gasteiger partial charge in [0, 0.05) is 12.7 Å². The van der Waals surface area contributed by atoms with Crippen LogP contribution in [0.4, 0.5) is 0 Å². The molecule has 1 heterocycles. The highest BCUT2D eigenvalue weighted by atomic mass is 16.5. The Hall–Kier alpha value is -1.87. The van der Waals surface area contributed by atoms with Crippen molar-refractivity contribution in [3.8, 4) is 11.5 Å². The number of nitrogens with zero attached hydrogens (tertiary/aromatic N) is 1.